The van der Waals surface area contributed by atoms with Crippen molar-refractivity contribution in [1.29, 1.82) is 0 Å². The number of nitrogens with zero attached hydrogens (tertiary/aromatic N) is 5. The van der Waals surface area contributed by atoms with Crippen molar-refractivity contribution in [3.05, 3.63) is 5.82 Å². The summed E-state index contributed by atoms with van der Waals surface area (Å²) < 4.78 is 0. The molecule has 0 spiro atoms. The Balaban J connectivity index is 1.60. The van der Waals surface area contributed by atoms with E-state index in [4.69, 9.17) is 0 Å². The van der Waals surface area contributed by atoms with Crippen molar-refractivity contribution >= 4 is 0 Å². The van der Waals surface area contributed by atoms with E-state index in [9.17, 15) is 0 Å². The lowest BCUT2D eigenvalue weighted by Crippen LogP contribution is -2.39. The Morgan fingerprint density at radius 3 is 3.00 bits per heavy atom. The molecule has 0 amide bonds. The zero-order valence-electron chi connectivity index (χ0n) is 10.3. The van der Waals surface area contributed by atoms with Crippen LogP contribution in [0, 0.1) is 5.92 Å². The summed E-state index contributed by atoms with van der Waals surface area (Å²) in [5, 5.41) is 15.9. The molecule has 2 heterocycles. The molecule has 1 saturated carbocycles. The molecule has 1 atom stereocenters. The van der Waals surface area contributed by atoms with E-state index in [2.05, 4.69) is 25.6 Å². The average molecular weight is 236 g/mol. The van der Waals surface area contributed by atoms with Crippen molar-refractivity contribution in [1.82, 2.24) is 30.4 Å². The van der Waals surface area contributed by atoms with Gasteiger partial charge in [-0.15, -0.1) is 10.2 Å². The summed E-state index contributed by atoms with van der Waals surface area (Å²) in [6, 6.07) is 0.675. The number of tetrazole rings is 1. The minimum Gasteiger partial charge on any atom is -0.312 e. The van der Waals surface area contributed by atoms with Gasteiger partial charge < -0.3 is 5.32 Å². The predicted molar refractivity (Wildman–Crippen MR) is 63.2 cm³/mol. The van der Waals surface area contributed by atoms with Gasteiger partial charge in [-0.2, -0.15) is 4.80 Å². The quantitative estimate of drug-likeness (QED) is 0.786. The molecule has 6 heteroatoms. The largest absolute Gasteiger partial charge is 0.312 e. The van der Waals surface area contributed by atoms with Crippen molar-refractivity contribution in [2.24, 2.45) is 13.0 Å². The van der Waals surface area contributed by atoms with E-state index >= 15 is 0 Å². The topological polar surface area (TPSA) is 58.9 Å². The highest BCUT2D eigenvalue weighted by atomic mass is 15.6. The van der Waals surface area contributed by atoms with Gasteiger partial charge in [0.25, 0.3) is 0 Å². The van der Waals surface area contributed by atoms with Crippen molar-refractivity contribution in [2.45, 2.75) is 31.8 Å². The van der Waals surface area contributed by atoms with Gasteiger partial charge in [0.2, 0.25) is 0 Å². The summed E-state index contributed by atoms with van der Waals surface area (Å²) >= 11 is 0. The van der Waals surface area contributed by atoms with E-state index in [1.54, 1.807) is 0 Å². The standard InChI is InChI=1S/C11H20N6/c1-16-14-11(13-15-16)8-17-6-2-5-12-10(7-17)9-3-4-9/h9-10,12H,2-8H2,1H3. The molecule has 17 heavy (non-hydrogen) atoms. The third-order valence-electron chi connectivity index (χ3n) is 3.62. The maximum absolute atomic E-state index is 4.25. The molecule has 1 aliphatic heterocycles. The molecule has 2 aliphatic rings. The lowest BCUT2D eigenvalue weighted by molar-refractivity contribution is 0.245. The molecule has 1 unspecified atom stereocenters. The van der Waals surface area contributed by atoms with Crippen LogP contribution >= 0.6 is 0 Å². The molecular weight excluding hydrogens is 216 g/mol. The second-order valence-electron chi connectivity index (χ2n) is 5.18. The van der Waals surface area contributed by atoms with Crippen LogP contribution in [0.1, 0.15) is 25.1 Å². The lowest BCUT2D eigenvalue weighted by atomic mass is 10.2. The lowest BCUT2D eigenvalue weighted by Gasteiger charge is -2.22. The Labute approximate surface area is 101 Å². The molecule has 2 fully saturated rings. The first-order valence-corrected chi connectivity index (χ1v) is 6.50. The Kier molecular flexibility index (Phi) is 3.07. The van der Waals surface area contributed by atoms with Gasteiger partial charge in [-0.25, -0.2) is 0 Å². The van der Waals surface area contributed by atoms with Crippen molar-refractivity contribution in [3.63, 3.8) is 0 Å². The molecule has 0 bridgehead atoms. The van der Waals surface area contributed by atoms with E-state index in [0.29, 0.717) is 6.04 Å². The monoisotopic (exact) mass is 236 g/mol. The number of hydrogen-bond acceptors (Lipinski definition) is 5. The summed E-state index contributed by atoms with van der Waals surface area (Å²) in [7, 11) is 1.81. The Morgan fingerprint density at radius 1 is 1.41 bits per heavy atom. The highest BCUT2D eigenvalue weighted by molar-refractivity contribution is 4.91. The number of hydrogen-bond donors (Lipinski definition) is 1. The number of nitrogens with one attached hydrogen (secondary N) is 1. The third kappa shape index (κ3) is 2.81. The average Bonchev–Trinajstić information content (AvgIpc) is 3.07. The van der Waals surface area contributed by atoms with Crippen LogP contribution in [0.15, 0.2) is 0 Å². The van der Waals surface area contributed by atoms with Gasteiger partial charge in [-0.3, -0.25) is 4.90 Å². The van der Waals surface area contributed by atoms with Gasteiger partial charge in [-0.05, 0) is 43.5 Å². The summed E-state index contributed by atoms with van der Waals surface area (Å²) in [5.74, 6) is 1.74. The molecule has 0 aromatic carbocycles. The van der Waals surface area contributed by atoms with Crippen LogP contribution in [-0.2, 0) is 13.6 Å². The second kappa shape index (κ2) is 4.70. The van der Waals surface area contributed by atoms with Crippen LogP contribution in [0.4, 0.5) is 0 Å². The van der Waals surface area contributed by atoms with Crippen molar-refractivity contribution in [2.75, 3.05) is 19.6 Å². The van der Waals surface area contributed by atoms with Gasteiger partial charge in [0.1, 0.15) is 0 Å². The third-order valence-corrected chi connectivity index (χ3v) is 3.62. The predicted octanol–water partition coefficient (Wildman–Crippen LogP) is -0.216. The van der Waals surface area contributed by atoms with E-state index in [-0.39, 0.29) is 0 Å². The molecule has 3 rings (SSSR count). The SMILES string of the molecule is Cn1nnc(CN2CCCNC(C3CC3)C2)n1. The van der Waals surface area contributed by atoms with Gasteiger partial charge in [-0.1, -0.05) is 0 Å². The minimum atomic E-state index is 0.675. The highest BCUT2D eigenvalue weighted by Crippen LogP contribution is 2.33. The molecule has 0 radical (unpaired) electrons. The molecule has 1 N–H and O–H groups in total. The van der Waals surface area contributed by atoms with Gasteiger partial charge >= 0.3 is 0 Å². The Hall–Kier alpha value is -1.01. The fraction of sp³-hybridized carbons (Fsp3) is 0.909. The maximum atomic E-state index is 4.25. The zero-order valence-corrected chi connectivity index (χ0v) is 10.3. The molecule has 1 aliphatic carbocycles. The van der Waals surface area contributed by atoms with Crippen LogP contribution in [-0.4, -0.2) is 50.8 Å². The van der Waals surface area contributed by atoms with Crippen LogP contribution in [0.5, 0.6) is 0 Å². The van der Waals surface area contributed by atoms with Crippen LogP contribution in [0.25, 0.3) is 0 Å². The Morgan fingerprint density at radius 2 is 2.29 bits per heavy atom. The van der Waals surface area contributed by atoms with E-state index < -0.39 is 0 Å². The van der Waals surface area contributed by atoms with E-state index in [1.165, 1.54) is 24.1 Å². The molecule has 94 valence electrons. The summed E-state index contributed by atoms with van der Waals surface area (Å²) in [5.41, 5.74) is 0. The molecular formula is C11H20N6. The van der Waals surface area contributed by atoms with Gasteiger partial charge in [0.05, 0.1) is 13.6 Å². The minimum absolute atomic E-state index is 0.675. The first-order valence-electron chi connectivity index (χ1n) is 6.50. The second-order valence-corrected chi connectivity index (χ2v) is 5.18. The normalized spacial score (nSPS) is 27.0. The van der Waals surface area contributed by atoms with E-state index in [0.717, 1.165) is 37.9 Å². The number of rotatable bonds is 3. The highest BCUT2D eigenvalue weighted by Gasteiger charge is 2.33. The molecule has 1 saturated heterocycles. The van der Waals surface area contributed by atoms with Gasteiger partial charge in [0, 0.05) is 12.6 Å². The first kappa shape index (κ1) is 11.1. The zero-order chi connectivity index (χ0) is 11.7. The number of aromatic nitrogens is 4. The smallest absolute Gasteiger partial charge is 0.188 e. The fourth-order valence-electron chi connectivity index (χ4n) is 2.57. The summed E-state index contributed by atoms with van der Waals surface area (Å²) in [4.78, 5) is 3.99. The fourth-order valence-corrected chi connectivity index (χ4v) is 2.57. The van der Waals surface area contributed by atoms with E-state index in [1.807, 2.05) is 7.05 Å². The van der Waals surface area contributed by atoms with Crippen molar-refractivity contribution in [3.8, 4) is 0 Å². The van der Waals surface area contributed by atoms with Crippen LogP contribution < -0.4 is 5.32 Å². The van der Waals surface area contributed by atoms with Crippen molar-refractivity contribution < 1.29 is 0 Å². The maximum Gasteiger partial charge on any atom is 0.188 e. The van der Waals surface area contributed by atoms with Crippen LogP contribution in [0.2, 0.25) is 0 Å². The first-order chi connectivity index (χ1) is 8.31. The summed E-state index contributed by atoms with van der Waals surface area (Å²) in [6.07, 6.45) is 4.01. The molecule has 6 nitrogen and oxygen atoms in total. The summed E-state index contributed by atoms with van der Waals surface area (Å²) in [6.45, 7) is 4.24. The van der Waals surface area contributed by atoms with Gasteiger partial charge in [0.15, 0.2) is 5.82 Å². The number of aryl methyl sites for hydroxylation is 1. The van der Waals surface area contributed by atoms with Crippen LogP contribution in [0.3, 0.4) is 0 Å². The molecule has 1 aromatic heterocycles. The Bertz CT molecular complexity index is 372. The molecule has 1 aromatic rings.